The van der Waals surface area contributed by atoms with E-state index >= 15 is 0 Å². The number of urea groups is 1. The molecule has 0 unspecified atom stereocenters. The number of benzene rings is 2. The fourth-order valence-electron chi connectivity index (χ4n) is 2.16. The number of nitrogens with one attached hydrogen (secondary N) is 2. The van der Waals surface area contributed by atoms with Crippen molar-refractivity contribution in [3.05, 3.63) is 64.4 Å². The van der Waals surface area contributed by atoms with E-state index in [2.05, 4.69) is 48.7 Å². The van der Waals surface area contributed by atoms with Gasteiger partial charge in [-0.05, 0) is 30.7 Å². The Morgan fingerprint density at radius 3 is 2.43 bits per heavy atom. The van der Waals surface area contributed by atoms with E-state index in [1.54, 1.807) is 0 Å². The van der Waals surface area contributed by atoms with E-state index in [-0.39, 0.29) is 16.5 Å². The van der Waals surface area contributed by atoms with Gasteiger partial charge in [-0.15, -0.1) is 0 Å². The third-order valence-electron chi connectivity index (χ3n) is 3.70. The zero-order valence-corrected chi connectivity index (χ0v) is 14.2. The van der Waals surface area contributed by atoms with Crippen LogP contribution in [0.3, 0.4) is 0 Å². The highest BCUT2D eigenvalue weighted by Gasteiger charge is 2.21. The first-order chi connectivity index (χ1) is 10.8. The smallest absolute Gasteiger partial charge is 0.319 e. The Bertz CT molecular complexity index is 699. The Balaban J connectivity index is 1.95. The molecule has 0 fully saturated rings. The van der Waals surface area contributed by atoms with Crippen molar-refractivity contribution in [2.24, 2.45) is 0 Å². The second-order valence-corrected chi connectivity index (χ2v) is 6.59. The van der Waals surface area contributed by atoms with Gasteiger partial charge < -0.3 is 10.6 Å². The molecule has 0 aliphatic rings. The lowest BCUT2D eigenvalue weighted by atomic mass is 9.84. The van der Waals surface area contributed by atoms with Gasteiger partial charge in [0.2, 0.25) is 0 Å². The van der Waals surface area contributed by atoms with Gasteiger partial charge in [0.05, 0.1) is 5.02 Å². The number of carbonyl (C=O) groups excluding carboxylic acids is 1. The van der Waals surface area contributed by atoms with Crippen molar-refractivity contribution in [1.29, 1.82) is 0 Å². The molecule has 2 aromatic rings. The topological polar surface area (TPSA) is 41.1 Å². The molecule has 2 amide bonds. The van der Waals surface area contributed by atoms with E-state index in [9.17, 15) is 9.18 Å². The van der Waals surface area contributed by atoms with Crippen molar-refractivity contribution >= 4 is 23.3 Å². The number of anilines is 1. The van der Waals surface area contributed by atoms with Gasteiger partial charge in [0.25, 0.3) is 0 Å². The first kappa shape index (κ1) is 17.3. The van der Waals surface area contributed by atoms with Crippen LogP contribution >= 0.6 is 11.6 Å². The Morgan fingerprint density at radius 2 is 1.83 bits per heavy atom. The summed E-state index contributed by atoms with van der Waals surface area (Å²) in [5.74, 6) is -0.516. The molecule has 23 heavy (non-hydrogen) atoms. The molecule has 0 aliphatic heterocycles. The molecule has 2 N–H and O–H groups in total. The molecule has 0 radical (unpaired) electrons. The summed E-state index contributed by atoms with van der Waals surface area (Å²) in [5.41, 5.74) is 2.59. The second-order valence-electron chi connectivity index (χ2n) is 6.19. The molecule has 0 atom stereocenters. The molecule has 2 aromatic carbocycles. The van der Waals surface area contributed by atoms with E-state index in [0.29, 0.717) is 12.2 Å². The summed E-state index contributed by atoms with van der Waals surface area (Å²) in [5, 5.41) is 5.45. The largest absolute Gasteiger partial charge is 0.337 e. The predicted octanol–water partition coefficient (Wildman–Crippen LogP) is 4.89. The minimum Gasteiger partial charge on any atom is -0.337 e. The highest BCUT2D eigenvalue weighted by atomic mass is 35.5. The monoisotopic (exact) mass is 334 g/mol. The third kappa shape index (κ3) is 4.70. The summed E-state index contributed by atoms with van der Waals surface area (Å²) in [6.45, 7) is 6.63. The minimum atomic E-state index is -0.516. The van der Waals surface area contributed by atoms with Gasteiger partial charge in [0.1, 0.15) is 5.82 Å². The van der Waals surface area contributed by atoms with Crippen LogP contribution in [0.25, 0.3) is 0 Å². The van der Waals surface area contributed by atoms with Crippen molar-refractivity contribution in [3.63, 3.8) is 0 Å². The first-order valence-corrected chi connectivity index (χ1v) is 7.73. The molecule has 0 heterocycles. The lowest BCUT2D eigenvalue weighted by Gasteiger charge is -2.26. The Labute approximate surface area is 140 Å². The van der Waals surface area contributed by atoms with Crippen molar-refractivity contribution in [2.45, 2.75) is 26.2 Å². The van der Waals surface area contributed by atoms with Gasteiger partial charge in [-0.1, -0.05) is 55.3 Å². The van der Waals surface area contributed by atoms with Crippen LogP contribution in [0, 0.1) is 12.7 Å². The Morgan fingerprint density at radius 1 is 1.17 bits per heavy atom. The maximum absolute atomic E-state index is 13.1. The van der Waals surface area contributed by atoms with Crippen molar-refractivity contribution in [2.75, 3.05) is 11.9 Å². The average Bonchev–Trinajstić information content (AvgIpc) is 2.50. The second kappa shape index (κ2) is 7.01. The maximum atomic E-state index is 13.1. The number of rotatable bonds is 4. The van der Waals surface area contributed by atoms with Crippen molar-refractivity contribution < 1.29 is 9.18 Å². The van der Waals surface area contributed by atoms with E-state index in [1.165, 1.54) is 23.8 Å². The molecular weight excluding hydrogens is 315 g/mol. The molecule has 122 valence electrons. The summed E-state index contributed by atoms with van der Waals surface area (Å²) in [7, 11) is 0. The maximum Gasteiger partial charge on any atom is 0.319 e. The van der Waals surface area contributed by atoms with E-state index in [0.717, 1.165) is 5.56 Å². The fourth-order valence-corrected chi connectivity index (χ4v) is 2.34. The van der Waals surface area contributed by atoms with Gasteiger partial charge in [-0.25, -0.2) is 9.18 Å². The molecular formula is C18H20ClFN2O. The first-order valence-electron chi connectivity index (χ1n) is 7.35. The lowest BCUT2D eigenvalue weighted by molar-refractivity contribution is 0.249. The summed E-state index contributed by atoms with van der Waals surface area (Å²) >= 11 is 5.69. The van der Waals surface area contributed by atoms with E-state index in [4.69, 9.17) is 11.6 Å². The third-order valence-corrected chi connectivity index (χ3v) is 3.99. The number of aryl methyl sites for hydroxylation is 1. The van der Waals surface area contributed by atoms with Crippen molar-refractivity contribution in [1.82, 2.24) is 5.32 Å². The normalized spacial score (nSPS) is 11.2. The van der Waals surface area contributed by atoms with Gasteiger partial charge in [-0.3, -0.25) is 0 Å². The molecule has 0 aromatic heterocycles. The summed E-state index contributed by atoms with van der Waals surface area (Å²) in [4.78, 5) is 12.0. The van der Waals surface area contributed by atoms with Gasteiger partial charge in [0, 0.05) is 17.6 Å². The van der Waals surface area contributed by atoms with Crippen LogP contribution in [0.5, 0.6) is 0 Å². The number of amides is 2. The highest BCUT2D eigenvalue weighted by molar-refractivity contribution is 6.31. The SMILES string of the molecule is Cc1ccc(C(C)(C)CNC(=O)Nc2ccc(F)c(Cl)c2)cc1. The zero-order chi connectivity index (χ0) is 17.0. The van der Waals surface area contributed by atoms with E-state index < -0.39 is 5.82 Å². The summed E-state index contributed by atoms with van der Waals surface area (Å²) in [6, 6.07) is 11.9. The van der Waals surface area contributed by atoms with Crippen LogP contribution in [-0.2, 0) is 5.41 Å². The standard InChI is InChI=1S/C18H20ClFN2O/c1-12-4-6-13(7-5-12)18(2,3)11-21-17(23)22-14-8-9-16(20)15(19)10-14/h4-10H,11H2,1-3H3,(H2,21,22,23). The lowest BCUT2D eigenvalue weighted by Crippen LogP contribution is -2.38. The fraction of sp³-hybridized carbons (Fsp3) is 0.278. The molecule has 2 rings (SSSR count). The quantitative estimate of drug-likeness (QED) is 0.821. The van der Waals surface area contributed by atoms with Crippen molar-refractivity contribution in [3.8, 4) is 0 Å². The van der Waals surface area contributed by atoms with Crippen LogP contribution < -0.4 is 10.6 Å². The average molecular weight is 335 g/mol. The molecule has 3 nitrogen and oxygen atoms in total. The zero-order valence-electron chi connectivity index (χ0n) is 13.4. The predicted molar refractivity (Wildman–Crippen MR) is 92.6 cm³/mol. The van der Waals surface area contributed by atoms with Gasteiger partial charge in [0.15, 0.2) is 0 Å². The molecule has 0 saturated carbocycles. The van der Waals surface area contributed by atoms with Crippen LogP contribution in [-0.4, -0.2) is 12.6 Å². The summed E-state index contributed by atoms with van der Waals surface area (Å²) in [6.07, 6.45) is 0. The molecule has 0 spiro atoms. The van der Waals surface area contributed by atoms with Crippen LogP contribution in [0.2, 0.25) is 5.02 Å². The Hall–Kier alpha value is -2.07. The minimum absolute atomic E-state index is 0.0252. The molecule has 0 saturated heterocycles. The van der Waals surface area contributed by atoms with E-state index in [1.807, 2.05) is 6.92 Å². The Kier molecular flexibility index (Phi) is 5.26. The van der Waals surface area contributed by atoms with Crippen LogP contribution in [0.15, 0.2) is 42.5 Å². The van der Waals surface area contributed by atoms with Crippen LogP contribution in [0.4, 0.5) is 14.9 Å². The number of hydrogen-bond acceptors (Lipinski definition) is 1. The molecule has 5 heteroatoms. The number of hydrogen-bond donors (Lipinski definition) is 2. The molecule has 0 bridgehead atoms. The highest BCUT2D eigenvalue weighted by Crippen LogP contribution is 2.23. The van der Waals surface area contributed by atoms with Gasteiger partial charge >= 0.3 is 6.03 Å². The molecule has 0 aliphatic carbocycles. The summed E-state index contributed by atoms with van der Waals surface area (Å²) < 4.78 is 13.1. The van der Waals surface area contributed by atoms with Crippen LogP contribution in [0.1, 0.15) is 25.0 Å². The van der Waals surface area contributed by atoms with Gasteiger partial charge in [-0.2, -0.15) is 0 Å². The number of carbonyl (C=O) groups is 1. The number of halogens is 2.